The van der Waals surface area contributed by atoms with Crippen molar-refractivity contribution < 1.29 is 17.9 Å². The normalized spacial score (nSPS) is 11.0. The topological polar surface area (TPSA) is 80.8 Å². The van der Waals surface area contributed by atoms with E-state index >= 15 is 0 Å². The molecule has 0 atom stereocenters. The summed E-state index contributed by atoms with van der Waals surface area (Å²) in [5, 5.41) is 0.408. The first-order valence-electron chi connectivity index (χ1n) is 11.9. The highest BCUT2D eigenvalue weighted by Crippen LogP contribution is 2.41. The Morgan fingerprint density at radius 1 is 0.850 bits per heavy atom. The van der Waals surface area contributed by atoms with Gasteiger partial charge in [-0.2, -0.15) is 18.2 Å². The van der Waals surface area contributed by atoms with Crippen molar-refractivity contribution in [2.75, 3.05) is 0 Å². The van der Waals surface area contributed by atoms with E-state index in [4.69, 9.17) is 16.3 Å². The molecule has 0 unspecified atom stereocenters. The molecule has 0 radical (unpaired) electrons. The van der Waals surface area contributed by atoms with E-state index < -0.39 is 23.0 Å². The van der Waals surface area contributed by atoms with Gasteiger partial charge in [-0.05, 0) is 60.7 Å². The number of benzene rings is 3. The highest BCUT2D eigenvalue weighted by atomic mass is 35.5. The molecule has 0 saturated heterocycles. The van der Waals surface area contributed by atoms with Gasteiger partial charge in [0.15, 0.2) is 5.82 Å². The van der Waals surface area contributed by atoms with Gasteiger partial charge in [-0.1, -0.05) is 47.7 Å². The smallest absolute Gasteiger partial charge is 0.417 e. The van der Waals surface area contributed by atoms with Crippen LogP contribution in [-0.4, -0.2) is 19.9 Å². The van der Waals surface area contributed by atoms with E-state index in [2.05, 4.69) is 31.8 Å². The van der Waals surface area contributed by atoms with E-state index in [0.29, 0.717) is 21.8 Å². The molecule has 198 valence electrons. The minimum Gasteiger partial charge on any atom is -0.487 e. The quantitative estimate of drug-likeness (QED) is 0.248. The Morgan fingerprint density at radius 3 is 2.25 bits per heavy atom. The van der Waals surface area contributed by atoms with Crippen molar-refractivity contribution in [3.8, 4) is 40.4 Å². The number of hydrogen-bond acceptors (Lipinski definition) is 5. The number of aromatic amines is 1. The average Bonchev–Trinajstić information content (AvgIpc) is 2.95. The molecule has 0 fully saturated rings. The second kappa shape index (κ2) is 11.4. The Bertz CT molecular complexity index is 1760. The van der Waals surface area contributed by atoms with Gasteiger partial charge in [0.25, 0.3) is 0 Å². The van der Waals surface area contributed by atoms with Gasteiger partial charge >= 0.3 is 11.9 Å². The fraction of sp³-hybridized carbons (Fsp3) is 0.0667. The molecule has 10 heteroatoms. The third kappa shape index (κ3) is 6.37. The van der Waals surface area contributed by atoms with Crippen LogP contribution >= 0.6 is 11.6 Å². The van der Waals surface area contributed by atoms with Crippen LogP contribution in [-0.2, 0) is 12.8 Å². The Morgan fingerprint density at radius 2 is 1.57 bits per heavy atom. The zero-order chi connectivity index (χ0) is 28.1. The maximum atomic E-state index is 14.1. The van der Waals surface area contributed by atoms with Gasteiger partial charge in [-0.15, -0.1) is 0 Å². The summed E-state index contributed by atoms with van der Waals surface area (Å²) in [7, 11) is 0. The van der Waals surface area contributed by atoms with Crippen LogP contribution in [0.3, 0.4) is 0 Å². The minimum atomic E-state index is -4.76. The van der Waals surface area contributed by atoms with Crippen LogP contribution in [0.4, 0.5) is 13.2 Å². The van der Waals surface area contributed by atoms with Crippen LogP contribution in [0.2, 0.25) is 5.02 Å². The summed E-state index contributed by atoms with van der Waals surface area (Å²) in [5.74, 6) is 5.55. The minimum absolute atomic E-state index is 0.0522. The highest BCUT2D eigenvalue weighted by Gasteiger charge is 2.36. The highest BCUT2D eigenvalue weighted by molar-refractivity contribution is 6.30. The molecule has 0 aliphatic heterocycles. The van der Waals surface area contributed by atoms with E-state index in [1.807, 2.05) is 30.3 Å². The molecule has 5 aromatic rings. The lowest BCUT2D eigenvalue weighted by Crippen LogP contribution is -2.17. The number of halogens is 4. The third-order valence-electron chi connectivity index (χ3n) is 5.65. The molecule has 6 nitrogen and oxygen atoms in total. The first kappa shape index (κ1) is 26.7. The van der Waals surface area contributed by atoms with Gasteiger partial charge in [0, 0.05) is 22.9 Å². The monoisotopic (exact) mass is 558 g/mol. The van der Waals surface area contributed by atoms with Crippen molar-refractivity contribution in [1.29, 1.82) is 0 Å². The van der Waals surface area contributed by atoms with E-state index in [1.54, 1.807) is 36.4 Å². The number of aromatic nitrogens is 4. The van der Waals surface area contributed by atoms with Gasteiger partial charge in [0.05, 0.1) is 21.8 Å². The molecule has 0 bridgehead atoms. The van der Waals surface area contributed by atoms with Crippen LogP contribution in [0.25, 0.3) is 22.8 Å². The number of nitrogens with one attached hydrogen (secondary N) is 1. The Kier molecular flexibility index (Phi) is 7.62. The van der Waals surface area contributed by atoms with Gasteiger partial charge in [-0.3, -0.25) is 9.97 Å². The first-order chi connectivity index (χ1) is 19.3. The van der Waals surface area contributed by atoms with Crippen LogP contribution in [0.5, 0.6) is 5.75 Å². The summed E-state index contributed by atoms with van der Waals surface area (Å²) in [4.78, 5) is 27.1. The zero-order valence-electron chi connectivity index (χ0n) is 20.5. The lowest BCUT2D eigenvalue weighted by molar-refractivity contribution is -0.137. The molecule has 0 aliphatic rings. The average molecular weight is 559 g/mol. The van der Waals surface area contributed by atoms with E-state index in [0.717, 1.165) is 11.6 Å². The van der Waals surface area contributed by atoms with Crippen molar-refractivity contribution in [1.82, 2.24) is 19.9 Å². The number of nitrogens with zero attached hydrogens (tertiary/aromatic N) is 3. The number of pyridine rings is 1. The maximum absolute atomic E-state index is 14.1. The second-order valence-electron chi connectivity index (χ2n) is 8.45. The predicted octanol–water partition coefficient (Wildman–Crippen LogP) is 6.54. The molecule has 2 heterocycles. The largest absolute Gasteiger partial charge is 0.487 e. The fourth-order valence-electron chi connectivity index (χ4n) is 3.78. The summed E-state index contributed by atoms with van der Waals surface area (Å²) in [6, 6.07) is 22.8. The van der Waals surface area contributed by atoms with Crippen molar-refractivity contribution >= 4 is 11.6 Å². The van der Waals surface area contributed by atoms with Gasteiger partial charge < -0.3 is 4.74 Å². The number of alkyl halides is 3. The SMILES string of the molecule is O=c1nc(-c2ccc(C#Cc3ccccc3)cc2)nc(-c2c(OCc3ccc(Cl)cn3)cccc2C(F)(F)F)[nH]1. The van der Waals surface area contributed by atoms with Crippen LogP contribution in [0.15, 0.2) is 95.9 Å². The zero-order valence-corrected chi connectivity index (χ0v) is 21.3. The molecular weight excluding hydrogens is 541 g/mol. The molecule has 1 N–H and O–H groups in total. The van der Waals surface area contributed by atoms with Crippen LogP contribution in [0.1, 0.15) is 22.4 Å². The lowest BCUT2D eigenvalue weighted by Gasteiger charge is -2.17. The summed E-state index contributed by atoms with van der Waals surface area (Å²) in [5.41, 5.74) is 0.107. The fourth-order valence-corrected chi connectivity index (χ4v) is 3.89. The molecule has 0 saturated carbocycles. The first-order valence-corrected chi connectivity index (χ1v) is 12.2. The van der Waals surface area contributed by atoms with Crippen molar-refractivity contribution in [3.63, 3.8) is 0 Å². The number of ether oxygens (including phenoxy) is 1. The summed E-state index contributed by atoms with van der Waals surface area (Å²) in [6.45, 7) is -0.140. The number of H-pyrrole nitrogens is 1. The Hall–Kier alpha value is -4.94. The van der Waals surface area contributed by atoms with Gasteiger partial charge in [-0.25, -0.2) is 9.78 Å². The molecule has 0 spiro atoms. The summed E-state index contributed by atoms with van der Waals surface area (Å²) in [6.07, 6.45) is -3.35. The summed E-state index contributed by atoms with van der Waals surface area (Å²) >= 11 is 5.85. The Balaban J connectivity index is 1.51. The standard InChI is InChI=1S/C30H18ClF3N4O2/c31-22-15-16-23(35-17-22)18-40-25-8-4-7-24(30(32,33)34)26(25)28-36-27(37-29(39)38-28)21-13-11-20(12-14-21)10-9-19-5-2-1-3-6-19/h1-8,11-17H,18H2,(H,36,37,38,39). The molecule has 0 aliphatic carbocycles. The Labute approximate surface area is 231 Å². The molecule has 40 heavy (non-hydrogen) atoms. The maximum Gasteiger partial charge on any atom is 0.417 e. The van der Waals surface area contributed by atoms with E-state index in [1.165, 1.54) is 18.3 Å². The number of hydrogen-bond donors (Lipinski definition) is 1. The molecule has 3 aromatic carbocycles. The number of rotatable bonds is 5. The van der Waals surface area contributed by atoms with Crippen molar-refractivity contribution in [2.45, 2.75) is 12.8 Å². The van der Waals surface area contributed by atoms with E-state index in [-0.39, 0.29) is 24.0 Å². The van der Waals surface area contributed by atoms with E-state index in [9.17, 15) is 18.0 Å². The molecular formula is C30H18ClF3N4O2. The predicted molar refractivity (Wildman–Crippen MR) is 145 cm³/mol. The van der Waals surface area contributed by atoms with Crippen LogP contribution < -0.4 is 10.4 Å². The van der Waals surface area contributed by atoms with Crippen molar-refractivity contribution in [3.05, 3.63) is 129 Å². The molecule has 2 aromatic heterocycles. The molecule has 0 amide bonds. The third-order valence-corrected chi connectivity index (χ3v) is 5.87. The van der Waals surface area contributed by atoms with Crippen molar-refractivity contribution in [2.24, 2.45) is 0 Å². The van der Waals surface area contributed by atoms with Gasteiger partial charge in [0.2, 0.25) is 0 Å². The molecule has 5 rings (SSSR count). The summed E-state index contributed by atoms with van der Waals surface area (Å²) < 4.78 is 47.9. The lowest BCUT2D eigenvalue weighted by atomic mass is 10.0. The second-order valence-corrected chi connectivity index (χ2v) is 8.89. The van der Waals surface area contributed by atoms with Crippen LogP contribution in [0, 0.1) is 11.8 Å². The van der Waals surface area contributed by atoms with Gasteiger partial charge in [0.1, 0.15) is 18.2 Å².